The number of likely N-dealkylation sites (N-methyl/N-ethyl adjacent to an activating group) is 1. The maximum atomic E-state index is 11.6. The highest BCUT2D eigenvalue weighted by Gasteiger charge is 2.24. The van der Waals surface area contributed by atoms with Crippen LogP contribution in [-0.2, 0) is 0 Å². The number of ether oxygens (including phenoxy) is 1. The Bertz CT molecular complexity index is 411. The lowest BCUT2D eigenvalue weighted by Crippen LogP contribution is -2.32. The van der Waals surface area contributed by atoms with Gasteiger partial charge >= 0.3 is 6.03 Å². The summed E-state index contributed by atoms with van der Waals surface area (Å²) in [6.07, 6.45) is 0. The molecule has 4 nitrogen and oxygen atoms in total. The Morgan fingerprint density at radius 3 is 2.88 bits per heavy atom. The summed E-state index contributed by atoms with van der Waals surface area (Å²) in [5.41, 5.74) is 0. The first-order chi connectivity index (χ1) is 8.16. The molecular formula is C12H15BrN2O2. The second kappa shape index (κ2) is 5.40. The molecular weight excluding hydrogens is 284 g/mol. The molecule has 0 radical (unpaired) electrons. The van der Waals surface area contributed by atoms with Gasteiger partial charge in [0.1, 0.15) is 12.4 Å². The second-order valence-corrected chi connectivity index (χ2v) is 4.91. The van der Waals surface area contributed by atoms with Crippen LogP contribution in [0.4, 0.5) is 4.79 Å². The molecule has 0 saturated carbocycles. The Morgan fingerprint density at radius 2 is 2.24 bits per heavy atom. The van der Waals surface area contributed by atoms with E-state index in [1.165, 1.54) is 0 Å². The minimum Gasteiger partial charge on any atom is -0.492 e. The molecule has 2 amide bonds. The van der Waals surface area contributed by atoms with Crippen LogP contribution in [0.1, 0.15) is 0 Å². The van der Waals surface area contributed by atoms with E-state index >= 15 is 0 Å². The molecule has 1 aromatic carbocycles. The first-order valence-corrected chi connectivity index (χ1v) is 6.34. The van der Waals surface area contributed by atoms with E-state index < -0.39 is 0 Å². The van der Waals surface area contributed by atoms with Crippen molar-refractivity contribution in [1.29, 1.82) is 0 Å². The second-order valence-electron chi connectivity index (χ2n) is 4.00. The summed E-state index contributed by atoms with van der Waals surface area (Å²) >= 11 is 3.39. The van der Waals surface area contributed by atoms with Gasteiger partial charge in [0.05, 0.1) is 6.54 Å². The Morgan fingerprint density at radius 1 is 1.41 bits per heavy atom. The van der Waals surface area contributed by atoms with Crippen LogP contribution in [0.15, 0.2) is 28.7 Å². The predicted octanol–water partition coefficient (Wildman–Crippen LogP) is 2.20. The summed E-state index contributed by atoms with van der Waals surface area (Å²) < 4.78 is 6.58. The van der Waals surface area contributed by atoms with E-state index in [0.29, 0.717) is 13.2 Å². The molecule has 1 aliphatic rings. The maximum Gasteiger partial charge on any atom is 0.319 e. The smallest absolute Gasteiger partial charge is 0.319 e. The van der Waals surface area contributed by atoms with Crippen molar-refractivity contribution in [2.24, 2.45) is 0 Å². The number of rotatable bonds is 4. The molecule has 92 valence electrons. The number of nitrogens with zero attached hydrogens (tertiary/aromatic N) is 2. The summed E-state index contributed by atoms with van der Waals surface area (Å²) in [5.74, 6) is 0.819. The van der Waals surface area contributed by atoms with Gasteiger partial charge in [-0.2, -0.15) is 0 Å². The minimum atomic E-state index is 0.0860. The molecule has 1 saturated heterocycles. The molecule has 0 atom stereocenters. The van der Waals surface area contributed by atoms with Gasteiger partial charge in [-0.3, -0.25) is 0 Å². The highest BCUT2D eigenvalue weighted by atomic mass is 79.9. The number of amides is 2. The van der Waals surface area contributed by atoms with Gasteiger partial charge in [-0.25, -0.2) is 4.79 Å². The van der Waals surface area contributed by atoms with Crippen molar-refractivity contribution in [3.8, 4) is 5.75 Å². The topological polar surface area (TPSA) is 32.8 Å². The average Bonchev–Trinajstić information content (AvgIpc) is 2.61. The van der Waals surface area contributed by atoms with Crippen LogP contribution in [0, 0.1) is 0 Å². The lowest BCUT2D eigenvalue weighted by atomic mass is 10.3. The van der Waals surface area contributed by atoms with Gasteiger partial charge in [0.15, 0.2) is 0 Å². The van der Waals surface area contributed by atoms with Crippen LogP contribution < -0.4 is 4.74 Å². The number of hydrogen-bond donors (Lipinski definition) is 0. The van der Waals surface area contributed by atoms with Gasteiger partial charge in [-0.1, -0.05) is 22.0 Å². The fourth-order valence-electron chi connectivity index (χ4n) is 1.74. The van der Waals surface area contributed by atoms with E-state index in [0.717, 1.165) is 23.3 Å². The Labute approximate surface area is 109 Å². The zero-order chi connectivity index (χ0) is 12.3. The molecule has 1 aliphatic heterocycles. The van der Waals surface area contributed by atoms with Crippen LogP contribution >= 0.6 is 15.9 Å². The summed E-state index contributed by atoms with van der Waals surface area (Å²) in [4.78, 5) is 15.1. The zero-order valence-electron chi connectivity index (χ0n) is 9.73. The molecule has 0 N–H and O–H groups in total. The van der Waals surface area contributed by atoms with Crippen LogP contribution in [0.5, 0.6) is 5.75 Å². The largest absolute Gasteiger partial charge is 0.492 e. The van der Waals surface area contributed by atoms with Crippen molar-refractivity contribution in [2.75, 3.05) is 33.3 Å². The summed E-state index contributed by atoms with van der Waals surface area (Å²) in [5, 5.41) is 0. The van der Waals surface area contributed by atoms with Crippen LogP contribution in [0.2, 0.25) is 0 Å². The predicted molar refractivity (Wildman–Crippen MR) is 69.2 cm³/mol. The number of carbonyl (C=O) groups is 1. The van der Waals surface area contributed by atoms with Crippen molar-refractivity contribution >= 4 is 22.0 Å². The molecule has 0 bridgehead atoms. The van der Waals surface area contributed by atoms with Crippen molar-refractivity contribution in [2.45, 2.75) is 0 Å². The number of hydrogen-bond acceptors (Lipinski definition) is 2. The van der Waals surface area contributed by atoms with Gasteiger partial charge in [0.2, 0.25) is 0 Å². The SMILES string of the molecule is CN1CCN(CCOc2cccc(Br)c2)C1=O. The third-order valence-electron chi connectivity index (χ3n) is 2.73. The maximum absolute atomic E-state index is 11.6. The van der Waals surface area contributed by atoms with Crippen molar-refractivity contribution < 1.29 is 9.53 Å². The Balaban J connectivity index is 1.78. The van der Waals surface area contributed by atoms with Crippen molar-refractivity contribution in [3.63, 3.8) is 0 Å². The highest BCUT2D eigenvalue weighted by Crippen LogP contribution is 2.17. The zero-order valence-corrected chi connectivity index (χ0v) is 11.3. The number of carbonyl (C=O) groups excluding carboxylic acids is 1. The summed E-state index contributed by atoms with van der Waals surface area (Å²) in [7, 11) is 1.82. The molecule has 0 unspecified atom stereocenters. The molecule has 5 heteroatoms. The van der Waals surface area contributed by atoms with Gasteiger partial charge in [0.25, 0.3) is 0 Å². The van der Waals surface area contributed by atoms with Gasteiger partial charge < -0.3 is 14.5 Å². The Kier molecular flexibility index (Phi) is 3.89. The lowest BCUT2D eigenvalue weighted by Gasteiger charge is -2.16. The molecule has 1 aromatic rings. The number of halogens is 1. The molecule has 2 rings (SSSR count). The quantitative estimate of drug-likeness (QED) is 0.854. The molecule has 0 spiro atoms. The Hall–Kier alpha value is -1.23. The fraction of sp³-hybridized carbons (Fsp3) is 0.417. The lowest BCUT2D eigenvalue weighted by molar-refractivity contribution is 0.188. The normalized spacial score (nSPS) is 15.5. The first kappa shape index (κ1) is 12.2. The monoisotopic (exact) mass is 298 g/mol. The average molecular weight is 299 g/mol. The van der Waals surface area contributed by atoms with E-state index in [4.69, 9.17) is 4.74 Å². The molecule has 17 heavy (non-hydrogen) atoms. The van der Waals surface area contributed by atoms with Gasteiger partial charge in [-0.15, -0.1) is 0 Å². The molecule has 0 aromatic heterocycles. The van der Waals surface area contributed by atoms with Gasteiger partial charge in [0, 0.05) is 24.6 Å². The first-order valence-electron chi connectivity index (χ1n) is 5.55. The number of urea groups is 1. The van der Waals surface area contributed by atoms with Crippen LogP contribution in [0.25, 0.3) is 0 Å². The van der Waals surface area contributed by atoms with Crippen molar-refractivity contribution in [1.82, 2.24) is 9.80 Å². The fourth-order valence-corrected chi connectivity index (χ4v) is 2.12. The van der Waals surface area contributed by atoms with E-state index in [9.17, 15) is 4.79 Å². The van der Waals surface area contributed by atoms with E-state index in [1.807, 2.05) is 31.3 Å². The summed E-state index contributed by atoms with van der Waals surface area (Å²) in [6.45, 7) is 2.75. The third-order valence-corrected chi connectivity index (χ3v) is 3.22. The van der Waals surface area contributed by atoms with E-state index in [1.54, 1.807) is 9.80 Å². The van der Waals surface area contributed by atoms with E-state index in [2.05, 4.69) is 15.9 Å². The molecule has 1 heterocycles. The van der Waals surface area contributed by atoms with Crippen LogP contribution in [-0.4, -0.2) is 49.1 Å². The van der Waals surface area contributed by atoms with E-state index in [-0.39, 0.29) is 6.03 Å². The van der Waals surface area contributed by atoms with Gasteiger partial charge in [-0.05, 0) is 18.2 Å². The van der Waals surface area contributed by atoms with Crippen molar-refractivity contribution in [3.05, 3.63) is 28.7 Å². The number of benzene rings is 1. The minimum absolute atomic E-state index is 0.0860. The van der Waals surface area contributed by atoms with Crippen LogP contribution in [0.3, 0.4) is 0 Å². The highest BCUT2D eigenvalue weighted by molar-refractivity contribution is 9.10. The molecule has 0 aliphatic carbocycles. The summed E-state index contributed by atoms with van der Waals surface area (Å²) in [6, 6.07) is 7.78. The molecule has 1 fully saturated rings. The third kappa shape index (κ3) is 3.12. The standard InChI is InChI=1S/C12H15BrN2O2/c1-14-5-6-15(12(14)16)7-8-17-11-4-2-3-10(13)9-11/h2-4,9H,5-8H2,1H3.